The Morgan fingerprint density at radius 1 is 1.21 bits per heavy atom. The normalized spacial score (nSPS) is 20.2. The van der Waals surface area contributed by atoms with Crippen molar-refractivity contribution in [1.82, 2.24) is 5.32 Å². The molecule has 0 spiro atoms. The van der Waals surface area contributed by atoms with Gasteiger partial charge in [-0.15, -0.1) is 11.8 Å². The molecule has 29 heavy (non-hydrogen) atoms. The molecule has 1 atom stereocenters. The first kappa shape index (κ1) is 23.3. The first-order chi connectivity index (χ1) is 13.8. The Balaban J connectivity index is 0.000000370. The van der Waals surface area contributed by atoms with Crippen molar-refractivity contribution < 1.29 is 37.3 Å². The maximum atomic E-state index is 12.2. The average molecular weight is 436 g/mol. The standard InChI is InChI=1S/C16H22N2O3S.C2HF3O2/c19-16(15-11-17-7-10-22-15)18-12-1-3-13(4-2-12)21-14-5-8-20-9-6-14;3-2(4,5)1(6)7/h1-4,14-15,17H,5-11H2,(H,18,19);(H,6,7). The van der Waals surface area contributed by atoms with Gasteiger partial charge in [0.2, 0.25) is 5.91 Å². The van der Waals surface area contributed by atoms with E-state index in [4.69, 9.17) is 19.4 Å². The molecule has 11 heteroatoms. The maximum Gasteiger partial charge on any atom is 0.490 e. The van der Waals surface area contributed by atoms with Crippen molar-refractivity contribution >= 4 is 29.3 Å². The molecule has 1 aromatic carbocycles. The molecule has 0 saturated carbocycles. The molecule has 7 nitrogen and oxygen atoms in total. The van der Waals surface area contributed by atoms with Crippen molar-refractivity contribution in [3.63, 3.8) is 0 Å². The Hall–Kier alpha value is -1.98. The lowest BCUT2D eigenvalue weighted by atomic mass is 10.1. The number of carboxylic acid groups (broad SMARTS) is 1. The zero-order valence-corrected chi connectivity index (χ0v) is 16.4. The van der Waals surface area contributed by atoms with Crippen LogP contribution in [-0.2, 0) is 14.3 Å². The Labute approximate surface area is 170 Å². The van der Waals surface area contributed by atoms with Crippen LogP contribution in [0.25, 0.3) is 0 Å². The molecular weight excluding hydrogens is 413 g/mol. The van der Waals surface area contributed by atoms with Crippen molar-refractivity contribution in [2.24, 2.45) is 0 Å². The minimum Gasteiger partial charge on any atom is -0.490 e. The number of alkyl halides is 3. The van der Waals surface area contributed by atoms with Crippen LogP contribution in [0.1, 0.15) is 12.8 Å². The van der Waals surface area contributed by atoms with Crippen LogP contribution in [0, 0.1) is 0 Å². The predicted molar refractivity (Wildman–Crippen MR) is 102 cm³/mol. The molecule has 2 aliphatic heterocycles. The number of aliphatic carboxylic acids is 1. The molecule has 2 heterocycles. The van der Waals surface area contributed by atoms with E-state index >= 15 is 0 Å². The molecule has 2 fully saturated rings. The van der Waals surface area contributed by atoms with Crippen molar-refractivity contribution in [3.05, 3.63) is 24.3 Å². The second-order valence-electron chi connectivity index (χ2n) is 6.31. The number of carbonyl (C=O) groups is 2. The second-order valence-corrected chi connectivity index (χ2v) is 7.62. The van der Waals surface area contributed by atoms with Gasteiger partial charge in [-0.2, -0.15) is 13.2 Å². The number of thioether (sulfide) groups is 1. The number of rotatable bonds is 4. The van der Waals surface area contributed by atoms with E-state index in [9.17, 15) is 18.0 Å². The lowest BCUT2D eigenvalue weighted by molar-refractivity contribution is -0.192. The van der Waals surface area contributed by atoms with Crippen LogP contribution in [0.2, 0.25) is 0 Å². The molecule has 2 aliphatic rings. The smallest absolute Gasteiger partial charge is 0.490 e. The van der Waals surface area contributed by atoms with Crippen molar-refractivity contribution in [3.8, 4) is 5.75 Å². The predicted octanol–water partition coefficient (Wildman–Crippen LogP) is 2.52. The Morgan fingerprint density at radius 2 is 1.83 bits per heavy atom. The third-order valence-corrected chi connectivity index (χ3v) is 5.28. The van der Waals surface area contributed by atoms with Gasteiger partial charge in [0, 0.05) is 37.4 Å². The zero-order chi connectivity index (χ0) is 21.3. The van der Waals surface area contributed by atoms with Gasteiger partial charge in [0.1, 0.15) is 11.9 Å². The minimum absolute atomic E-state index is 0.00749. The SMILES string of the molecule is O=C(Nc1ccc(OC2CCOCC2)cc1)C1CNCCS1.O=C(O)C(F)(F)F. The number of nitrogens with one attached hydrogen (secondary N) is 2. The number of amides is 1. The van der Waals surface area contributed by atoms with Crippen LogP contribution < -0.4 is 15.4 Å². The summed E-state index contributed by atoms with van der Waals surface area (Å²) in [6.07, 6.45) is -2.98. The fraction of sp³-hybridized carbons (Fsp3) is 0.556. The van der Waals surface area contributed by atoms with E-state index in [-0.39, 0.29) is 17.3 Å². The highest BCUT2D eigenvalue weighted by Crippen LogP contribution is 2.21. The Kier molecular flexibility index (Phi) is 9.05. The molecule has 3 N–H and O–H groups in total. The highest BCUT2D eigenvalue weighted by molar-refractivity contribution is 8.00. The van der Waals surface area contributed by atoms with E-state index in [0.717, 1.165) is 56.3 Å². The van der Waals surface area contributed by atoms with Crippen LogP contribution >= 0.6 is 11.8 Å². The van der Waals surface area contributed by atoms with E-state index in [0.29, 0.717) is 0 Å². The number of hydrogen-bond acceptors (Lipinski definition) is 6. The van der Waals surface area contributed by atoms with Gasteiger partial charge >= 0.3 is 12.1 Å². The molecule has 3 rings (SSSR count). The Bertz CT molecular complexity index is 660. The summed E-state index contributed by atoms with van der Waals surface area (Å²) in [4.78, 5) is 21.0. The van der Waals surface area contributed by atoms with E-state index in [1.807, 2.05) is 24.3 Å². The van der Waals surface area contributed by atoms with Gasteiger partial charge in [0.15, 0.2) is 0 Å². The highest BCUT2D eigenvalue weighted by atomic mass is 32.2. The van der Waals surface area contributed by atoms with Gasteiger partial charge < -0.3 is 25.2 Å². The maximum absolute atomic E-state index is 12.2. The van der Waals surface area contributed by atoms with Crippen molar-refractivity contribution in [1.29, 1.82) is 0 Å². The fourth-order valence-corrected chi connectivity index (χ4v) is 3.55. The summed E-state index contributed by atoms with van der Waals surface area (Å²) in [6, 6.07) is 7.62. The number of halogens is 3. The number of ether oxygens (including phenoxy) is 2. The topological polar surface area (TPSA) is 96.9 Å². The van der Waals surface area contributed by atoms with Crippen LogP contribution in [0.5, 0.6) is 5.75 Å². The fourth-order valence-electron chi connectivity index (χ4n) is 2.56. The van der Waals surface area contributed by atoms with E-state index < -0.39 is 12.1 Å². The molecule has 162 valence electrons. The summed E-state index contributed by atoms with van der Waals surface area (Å²) < 4.78 is 43.0. The Morgan fingerprint density at radius 3 is 2.34 bits per heavy atom. The summed E-state index contributed by atoms with van der Waals surface area (Å²) in [5.41, 5.74) is 0.815. The van der Waals surface area contributed by atoms with E-state index in [1.165, 1.54) is 0 Å². The average Bonchev–Trinajstić information content (AvgIpc) is 2.71. The lowest BCUT2D eigenvalue weighted by Gasteiger charge is -2.23. The number of anilines is 1. The minimum atomic E-state index is -5.08. The van der Waals surface area contributed by atoms with Gasteiger partial charge in [0.25, 0.3) is 0 Å². The molecule has 1 unspecified atom stereocenters. The zero-order valence-electron chi connectivity index (χ0n) is 15.5. The lowest BCUT2D eigenvalue weighted by Crippen LogP contribution is -2.40. The molecule has 0 aliphatic carbocycles. The second kappa shape index (κ2) is 11.3. The van der Waals surface area contributed by atoms with Gasteiger partial charge in [-0.05, 0) is 24.3 Å². The summed E-state index contributed by atoms with van der Waals surface area (Å²) in [5.74, 6) is -0.864. The molecule has 0 bridgehead atoms. The van der Waals surface area contributed by atoms with Crippen molar-refractivity contribution in [2.75, 3.05) is 37.4 Å². The van der Waals surface area contributed by atoms with Crippen LogP contribution in [0.4, 0.5) is 18.9 Å². The first-order valence-corrected chi connectivity index (χ1v) is 10.1. The largest absolute Gasteiger partial charge is 0.490 e. The van der Waals surface area contributed by atoms with Crippen LogP contribution in [0.15, 0.2) is 24.3 Å². The number of benzene rings is 1. The summed E-state index contributed by atoms with van der Waals surface area (Å²) in [7, 11) is 0. The van der Waals surface area contributed by atoms with Gasteiger partial charge in [-0.25, -0.2) is 4.79 Å². The van der Waals surface area contributed by atoms with Gasteiger partial charge in [0.05, 0.1) is 18.5 Å². The number of carboxylic acids is 1. The molecule has 0 radical (unpaired) electrons. The van der Waals surface area contributed by atoms with E-state index in [2.05, 4.69) is 10.6 Å². The highest BCUT2D eigenvalue weighted by Gasteiger charge is 2.38. The number of hydrogen-bond donors (Lipinski definition) is 3. The van der Waals surface area contributed by atoms with Gasteiger partial charge in [-0.1, -0.05) is 0 Å². The summed E-state index contributed by atoms with van der Waals surface area (Å²) in [6.45, 7) is 3.26. The molecule has 1 amide bonds. The molecule has 1 aromatic rings. The summed E-state index contributed by atoms with van der Waals surface area (Å²) >= 11 is 1.71. The van der Waals surface area contributed by atoms with E-state index in [1.54, 1.807) is 11.8 Å². The monoisotopic (exact) mass is 436 g/mol. The van der Waals surface area contributed by atoms with Gasteiger partial charge in [-0.3, -0.25) is 4.79 Å². The molecule has 0 aromatic heterocycles. The number of carbonyl (C=O) groups excluding carboxylic acids is 1. The quantitative estimate of drug-likeness (QED) is 0.667. The molecular formula is C18H23F3N2O5S. The summed E-state index contributed by atoms with van der Waals surface area (Å²) in [5, 5.41) is 13.3. The van der Waals surface area contributed by atoms with Crippen LogP contribution in [-0.4, -0.2) is 66.6 Å². The molecule has 2 saturated heterocycles. The third-order valence-electron chi connectivity index (χ3n) is 4.06. The van der Waals surface area contributed by atoms with Crippen LogP contribution in [0.3, 0.4) is 0 Å². The first-order valence-electron chi connectivity index (χ1n) is 9.03. The van der Waals surface area contributed by atoms with Crippen molar-refractivity contribution in [2.45, 2.75) is 30.4 Å². The third kappa shape index (κ3) is 8.50.